The summed E-state index contributed by atoms with van der Waals surface area (Å²) in [6.07, 6.45) is 0. The summed E-state index contributed by atoms with van der Waals surface area (Å²) >= 11 is 0. The molecule has 0 radical (unpaired) electrons. The van der Waals surface area contributed by atoms with E-state index in [0.29, 0.717) is 10.8 Å². The molecule has 0 saturated heterocycles. The Morgan fingerprint density at radius 3 is 1.35 bits per heavy atom. The molecule has 0 N–H and O–H groups in total. The standard InChI is InChI=1S/C16H8F2O2/c17-15(19)11-3-1-9-5-14-8-12(16(18)20)4-2-10(14)6-13(9)7-11/h1-8H. The largest absolute Gasteiger partial charge is 0.332 e. The summed E-state index contributed by atoms with van der Waals surface area (Å²) in [7, 11) is 0. The van der Waals surface area contributed by atoms with E-state index in [1.807, 2.05) is 0 Å². The van der Waals surface area contributed by atoms with Crippen LogP contribution in [0.1, 0.15) is 20.7 Å². The number of fused-ring (bicyclic) bond motifs is 2. The average molecular weight is 270 g/mol. The Balaban J connectivity index is 2.27. The van der Waals surface area contributed by atoms with Gasteiger partial charge in [0.1, 0.15) is 0 Å². The molecule has 0 aliphatic carbocycles. The van der Waals surface area contributed by atoms with Gasteiger partial charge in [-0.15, -0.1) is 0 Å². The summed E-state index contributed by atoms with van der Waals surface area (Å²) in [6, 6.07) is 9.51. The maximum absolute atomic E-state index is 12.7. The minimum absolute atomic E-state index is 0.00703. The van der Waals surface area contributed by atoms with Crippen molar-refractivity contribution < 1.29 is 18.4 Å². The van der Waals surface area contributed by atoms with Crippen LogP contribution in [0.15, 0.2) is 48.5 Å². The quantitative estimate of drug-likeness (QED) is 0.516. The molecule has 0 aromatic heterocycles. The SMILES string of the molecule is O=C(F)c1ccc2cc3cc(C(=O)F)ccc3cc2c1. The van der Waals surface area contributed by atoms with E-state index in [2.05, 4.69) is 0 Å². The highest BCUT2D eigenvalue weighted by atomic mass is 19.1. The number of carbonyl (C=O) groups excluding carboxylic acids is 2. The van der Waals surface area contributed by atoms with Crippen LogP contribution < -0.4 is 0 Å². The Hall–Kier alpha value is -2.62. The molecule has 98 valence electrons. The first-order chi connectivity index (χ1) is 9.54. The van der Waals surface area contributed by atoms with Crippen molar-refractivity contribution in [2.75, 3.05) is 0 Å². The predicted octanol–water partition coefficient (Wildman–Crippen LogP) is 4.21. The molecule has 0 atom stereocenters. The van der Waals surface area contributed by atoms with Crippen LogP contribution in [0.3, 0.4) is 0 Å². The summed E-state index contributed by atoms with van der Waals surface area (Å²) in [5, 5.41) is 2.98. The fraction of sp³-hybridized carbons (Fsp3) is 0. The maximum atomic E-state index is 12.7. The Morgan fingerprint density at radius 2 is 1.00 bits per heavy atom. The predicted molar refractivity (Wildman–Crippen MR) is 72.3 cm³/mol. The van der Waals surface area contributed by atoms with E-state index < -0.39 is 12.1 Å². The molecule has 0 fully saturated rings. The molecule has 4 heteroatoms. The lowest BCUT2D eigenvalue weighted by atomic mass is 10.0. The highest BCUT2D eigenvalue weighted by Crippen LogP contribution is 2.25. The van der Waals surface area contributed by atoms with Crippen molar-refractivity contribution >= 4 is 33.6 Å². The Morgan fingerprint density at radius 1 is 0.600 bits per heavy atom. The molecule has 3 aromatic carbocycles. The van der Waals surface area contributed by atoms with Crippen LogP contribution in [0, 0.1) is 0 Å². The van der Waals surface area contributed by atoms with Gasteiger partial charge in [0, 0.05) is 0 Å². The summed E-state index contributed by atoms with van der Waals surface area (Å²) in [6.45, 7) is 0. The van der Waals surface area contributed by atoms with Crippen molar-refractivity contribution in [3.05, 3.63) is 59.7 Å². The second kappa shape index (κ2) is 4.49. The number of carbonyl (C=O) groups is 2. The molecule has 0 saturated carbocycles. The van der Waals surface area contributed by atoms with Crippen LogP contribution in [-0.2, 0) is 0 Å². The van der Waals surface area contributed by atoms with Gasteiger partial charge in [-0.2, -0.15) is 8.78 Å². The van der Waals surface area contributed by atoms with Gasteiger partial charge in [0.05, 0.1) is 11.1 Å². The molecule has 20 heavy (non-hydrogen) atoms. The minimum atomic E-state index is -1.48. The number of halogens is 2. The third-order valence-electron chi connectivity index (χ3n) is 3.25. The number of rotatable bonds is 2. The zero-order valence-corrected chi connectivity index (χ0v) is 10.2. The van der Waals surface area contributed by atoms with Gasteiger partial charge in [-0.25, -0.2) is 0 Å². The summed E-state index contributed by atoms with van der Waals surface area (Å²) < 4.78 is 25.4. The average Bonchev–Trinajstić information content (AvgIpc) is 2.43. The zero-order chi connectivity index (χ0) is 14.3. The molecule has 2 nitrogen and oxygen atoms in total. The number of hydrogen-bond acceptors (Lipinski definition) is 2. The molecule has 0 amide bonds. The molecule has 0 unspecified atom stereocenters. The van der Waals surface area contributed by atoms with Gasteiger partial charge in [0.15, 0.2) is 0 Å². The van der Waals surface area contributed by atoms with Crippen molar-refractivity contribution in [3.63, 3.8) is 0 Å². The zero-order valence-electron chi connectivity index (χ0n) is 10.2. The lowest BCUT2D eigenvalue weighted by Crippen LogP contribution is -1.91. The van der Waals surface area contributed by atoms with Crippen molar-refractivity contribution in [1.29, 1.82) is 0 Å². The lowest BCUT2D eigenvalue weighted by molar-refractivity contribution is 0.0826. The van der Waals surface area contributed by atoms with Crippen molar-refractivity contribution in [1.82, 2.24) is 0 Å². The fourth-order valence-electron chi connectivity index (χ4n) is 2.24. The van der Waals surface area contributed by atoms with E-state index in [1.54, 1.807) is 24.3 Å². The highest BCUT2D eigenvalue weighted by molar-refractivity contribution is 6.03. The van der Waals surface area contributed by atoms with Gasteiger partial charge >= 0.3 is 12.1 Å². The van der Waals surface area contributed by atoms with Crippen LogP contribution in [0.4, 0.5) is 8.78 Å². The fourth-order valence-corrected chi connectivity index (χ4v) is 2.24. The second-order valence-electron chi connectivity index (χ2n) is 4.52. The Labute approximate surface area is 112 Å². The van der Waals surface area contributed by atoms with Gasteiger partial charge < -0.3 is 0 Å². The Bertz CT molecular complexity index is 795. The van der Waals surface area contributed by atoms with Gasteiger partial charge in [-0.05, 0) is 57.9 Å². The monoisotopic (exact) mass is 270 g/mol. The first-order valence-electron chi connectivity index (χ1n) is 5.92. The second-order valence-corrected chi connectivity index (χ2v) is 4.52. The minimum Gasteiger partial charge on any atom is -0.255 e. The molecule has 3 aromatic rings. The molecular formula is C16H8F2O2. The molecule has 0 spiro atoms. The molecule has 0 aliphatic heterocycles. The van der Waals surface area contributed by atoms with Gasteiger partial charge in [-0.3, -0.25) is 9.59 Å². The van der Waals surface area contributed by atoms with Crippen molar-refractivity contribution in [2.24, 2.45) is 0 Å². The van der Waals surface area contributed by atoms with Crippen LogP contribution >= 0.6 is 0 Å². The van der Waals surface area contributed by atoms with Crippen LogP contribution in [0.25, 0.3) is 21.5 Å². The normalized spacial score (nSPS) is 10.9. The highest BCUT2D eigenvalue weighted by Gasteiger charge is 2.08. The summed E-state index contributed by atoms with van der Waals surface area (Å²) in [4.78, 5) is 21.5. The van der Waals surface area contributed by atoms with Crippen LogP contribution in [-0.4, -0.2) is 12.1 Å². The van der Waals surface area contributed by atoms with E-state index in [1.165, 1.54) is 24.3 Å². The summed E-state index contributed by atoms with van der Waals surface area (Å²) in [5.74, 6) is 0. The molecule has 0 heterocycles. The molecule has 0 bridgehead atoms. The third-order valence-corrected chi connectivity index (χ3v) is 3.25. The topological polar surface area (TPSA) is 34.1 Å². The van der Waals surface area contributed by atoms with Gasteiger partial charge in [0.2, 0.25) is 0 Å². The van der Waals surface area contributed by atoms with Gasteiger partial charge in [0.25, 0.3) is 0 Å². The molecule has 3 rings (SSSR count). The van der Waals surface area contributed by atoms with E-state index in [9.17, 15) is 18.4 Å². The first kappa shape index (κ1) is 12.4. The molecular weight excluding hydrogens is 262 g/mol. The lowest BCUT2D eigenvalue weighted by Gasteiger charge is -2.04. The Kier molecular flexibility index (Phi) is 2.79. The van der Waals surface area contributed by atoms with E-state index in [-0.39, 0.29) is 11.1 Å². The van der Waals surface area contributed by atoms with E-state index in [0.717, 1.165) is 10.8 Å². The third kappa shape index (κ3) is 2.05. The maximum Gasteiger partial charge on any atom is 0.332 e. The first-order valence-corrected chi connectivity index (χ1v) is 5.92. The van der Waals surface area contributed by atoms with E-state index in [4.69, 9.17) is 0 Å². The van der Waals surface area contributed by atoms with Crippen molar-refractivity contribution in [3.8, 4) is 0 Å². The smallest absolute Gasteiger partial charge is 0.255 e. The molecule has 0 aliphatic rings. The number of benzene rings is 3. The van der Waals surface area contributed by atoms with Crippen molar-refractivity contribution in [2.45, 2.75) is 0 Å². The van der Waals surface area contributed by atoms with Crippen LogP contribution in [0.5, 0.6) is 0 Å². The number of hydrogen-bond donors (Lipinski definition) is 0. The van der Waals surface area contributed by atoms with Gasteiger partial charge in [-0.1, -0.05) is 12.1 Å². The van der Waals surface area contributed by atoms with Crippen LogP contribution in [0.2, 0.25) is 0 Å². The van der Waals surface area contributed by atoms with E-state index >= 15 is 0 Å². The summed E-state index contributed by atoms with van der Waals surface area (Å²) in [5.41, 5.74) is -0.0141.